The van der Waals surface area contributed by atoms with E-state index in [0.29, 0.717) is 5.89 Å². The first-order valence-electron chi connectivity index (χ1n) is 25.7. The van der Waals surface area contributed by atoms with Crippen LogP contribution in [0.5, 0.6) is 0 Å². The molecule has 0 saturated heterocycles. The Balaban J connectivity index is 1.30. The normalized spacial score (nSPS) is 14.0. The Morgan fingerprint density at radius 1 is 0.408 bits per heavy atom. The largest absolute Gasteiger partial charge is 0.420 e. The van der Waals surface area contributed by atoms with Crippen molar-refractivity contribution in [3.63, 3.8) is 0 Å². The average Bonchev–Trinajstić information content (AvgIpc) is 3.90. The van der Waals surface area contributed by atoms with Crippen LogP contribution in [0, 0.1) is 0 Å². The van der Waals surface area contributed by atoms with E-state index < -0.39 is 0 Å². The summed E-state index contributed by atoms with van der Waals surface area (Å²) in [7, 11) is 0. The summed E-state index contributed by atoms with van der Waals surface area (Å²) in [6.07, 6.45) is 0. The highest BCUT2D eigenvalue weighted by Gasteiger charge is 2.48. The molecule has 0 amide bonds. The number of para-hydroxylation sites is 2. The fourth-order valence-corrected chi connectivity index (χ4v) is 10.9. The molecule has 6 heteroatoms. The molecule has 7 aromatic carbocycles. The van der Waals surface area contributed by atoms with Gasteiger partial charge in [-0.05, 0) is 133 Å². The number of rotatable bonds is 4. The van der Waals surface area contributed by atoms with E-state index in [4.69, 9.17) is 9.40 Å². The Labute approximate surface area is 422 Å². The van der Waals surface area contributed by atoms with E-state index in [1.54, 1.807) is 0 Å². The summed E-state index contributed by atoms with van der Waals surface area (Å²) in [6, 6.07) is 55.1. The van der Waals surface area contributed by atoms with Gasteiger partial charge < -0.3 is 13.9 Å². The maximum atomic E-state index is 7.42. The number of hydrogen-bond acceptors (Lipinski definition) is 4. The second-order valence-corrected chi connectivity index (χ2v) is 25.5. The highest BCUT2D eigenvalue weighted by Crippen LogP contribution is 2.49. The standard InChI is InChI=1S/C65H69BN4O/c1-61(2,3)41-26-24-40(25-27-41)59-67-58-60(71-59)70(47-35-44(64(10,11)12)34-45(36-47)65(13,14)15)56-39-48(69-52-22-18-16-20-49(52)50-21-17-19-23-53(50)69)38-55-57(56)66(58)51-37-43(63(7,8)9)30-33-54(51)68(55)46-31-28-42(29-32-46)62(4,5)6/h16-39H,1-15H3. The van der Waals surface area contributed by atoms with E-state index in [-0.39, 0.29) is 33.8 Å². The van der Waals surface area contributed by atoms with Crippen molar-refractivity contribution < 1.29 is 4.42 Å². The second-order valence-electron chi connectivity index (χ2n) is 25.5. The molecule has 2 aliphatic rings. The van der Waals surface area contributed by atoms with Gasteiger partial charge in [0, 0.05) is 44.8 Å². The monoisotopic (exact) mass is 933 g/mol. The van der Waals surface area contributed by atoms with Crippen molar-refractivity contribution in [2.45, 2.75) is 131 Å². The van der Waals surface area contributed by atoms with Crippen LogP contribution in [0.1, 0.15) is 132 Å². The van der Waals surface area contributed by atoms with Crippen LogP contribution < -0.4 is 26.3 Å². The van der Waals surface area contributed by atoms with Crippen molar-refractivity contribution in [3.05, 3.63) is 173 Å². The van der Waals surface area contributed by atoms with E-state index in [0.717, 1.165) is 62.2 Å². The highest BCUT2D eigenvalue weighted by atomic mass is 16.4. The van der Waals surface area contributed by atoms with Crippen molar-refractivity contribution in [2.75, 3.05) is 9.80 Å². The van der Waals surface area contributed by atoms with Crippen LogP contribution >= 0.6 is 0 Å². The Bertz CT molecular complexity index is 3470. The van der Waals surface area contributed by atoms with Crippen molar-refractivity contribution in [2.24, 2.45) is 0 Å². The summed E-state index contributed by atoms with van der Waals surface area (Å²) in [5, 5.41) is 2.46. The summed E-state index contributed by atoms with van der Waals surface area (Å²) in [6.45, 7) is 34.3. The molecule has 5 nitrogen and oxygen atoms in total. The molecule has 358 valence electrons. The van der Waals surface area contributed by atoms with Gasteiger partial charge >= 0.3 is 0 Å². The molecule has 0 saturated carbocycles. The Morgan fingerprint density at radius 3 is 1.41 bits per heavy atom. The lowest BCUT2D eigenvalue weighted by molar-refractivity contribution is 0.566. The number of oxazole rings is 1. The smallest absolute Gasteiger partial charge is 0.279 e. The molecule has 0 fully saturated rings. The fraction of sp³-hybridized carbons (Fsp3) is 0.308. The molecule has 0 N–H and O–H groups in total. The van der Waals surface area contributed by atoms with E-state index in [1.165, 1.54) is 49.5 Å². The minimum absolute atomic E-state index is 0.00276. The third-order valence-corrected chi connectivity index (χ3v) is 15.2. The summed E-state index contributed by atoms with van der Waals surface area (Å²) in [5.41, 5.74) is 19.3. The number of anilines is 6. The van der Waals surface area contributed by atoms with Gasteiger partial charge in [0.15, 0.2) is 0 Å². The molecular weight excluding hydrogens is 864 g/mol. The van der Waals surface area contributed by atoms with Crippen molar-refractivity contribution >= 4 is 79.4 Å². The molecule has 9 aromatic rings. The number of benzene rings is 7. The van der Waals surface area contributed by atoms with E-state index in [1.807, 2.05) is 0 Å². The van der Waals surface area contributed by atoms with Crippen LogP contribution in [0.2, 0.25) is 0 Å². The minimum Gasteiger partial charge on any atom is -0.420 e. The van der Waals surface area contributed by atoms with E-state index >= 15 is 0 Å². The van der Waals surface area contributed by atoms with Crippen LogP contribution in [-0.2, 0) is 27.1 Å². The second kappa shape index (κ2) is 15.9. The highest BCUT2D eigenvalue weighted by molar-refractivity contribution is 6.99. The maximum Gasteiger partial charge on any atom is 0.279 e. The molecule has 11 rings (SSSR count). The predicted molar refractivity (Wildman–Crippen MR) is 304 cm³/mol. The molecule has 0 aliphatic carbocycles. The van der Waals surface area contributed by atoms with Gasteiger partial charge in [0.25, 0.3) is 6.71 Å². The van der Waals surface area contributed by atoms with Gasteiger partial charge in [-0.1, -0.05) is 183 Å². The molecule has 0 bridgehead atoms. The van der Waals surface area contributed by atoms with E-state index in [9.17, 15) is 0 Å². The minimum atomic E-state index is -0.236. The van der Waals surface area contributed by atoms with Crippen molar-refractivity contribution in [1.29, 1.82) is 0 Å². The number of aromatic nitrogens is 2. The Morgan fingerprint density at radius 2 is 0.887 bits per heavy atom. The Kier molecular flexibility index (Phi) is 10.4. The van der Waals surface area contributed by atoms with Crippen molar-refractivity contribution in [3.8, 4) is 17.1 Å². The molecular formula is C65H69BN4O. The van der Waals surface area contributed by atoms with Gasteiger partial charge in [-0.2, -0.15) is 0 Å². The molecule has 4 heterocycles. The number of nitrogens with zero attached hydrogens (tertiary/aromatic N) is 4. The zero-order chi connectivity index (χ0) is 50.3. The zero-order valence-corrected chi connectivity index (χ0v) is 44.6. The van der Waals surface area contributed by atoms with E-state index in [2.05, 4.69) is 264 Å². The predicted octanol–water partition coefficient (Wildman–Crippen LogP) is 16.0. The Hall–Kier alpha value is -6.79. The fourth-order valence-electron chi connectivity index (χ4n) is 10.9. The molecule has 0 radical (unpaired) electrons. The molecule has 0 atom stereocenters. The van der Waals surface area contributed by atoms with Crippen LogP contribution in [0.15, 0.2) is 150 Å². The summed E-state index contributed by atoms with van der Waals surface area (Å²) < 4.78 is 9.89. The van der Waals surface area contributed by atoms with Crippen LogP contribution in [0.3, 0.4) is 0 Å². The summed E-state index contributed by atoms with van der Waals surface area (Å²) in [5.74, 6) is 1.37. The zero-order valence-electron chi connectivity index (χ0n) is 44.6. The lowest BCUT2D eigenvalue weighted by atomic mass is 9.35. The lowest BCUT2D eigenvalue weighted by Crippen LogP contribution is -2.62. The summed E-state index contributed by atoms with van der Waals surface area (Å²) >= 11 is 0. The van der Waals surface area contributed by atoms with Gasteiger partial charge in [0.2, 0.25) is 11.8 Å². The van der Waals surface area contributed by atoms with Gasteiger partial charge in [0.1, 0.15) is 0 Å². The number of fused-ring (bicyclic) bond motifs is 7. The lowest BCUT2D eigenvalue weighted by Gasteiger charge is -2.43. The molecule has 71 heavy (non-hydrogen) atoms. The maximum absolute atomic E-state index is 7.42. The summed E-state index contributed by atoms with van der Waals surface area (Å²) in [4.78, 5) is 10.7. The van der Waals surface area contributed by atoms with Crippen LogP contribution in [0.25, 0.3) is 38.9 Å². The third-order valence-electron chi connectivity index (χ3n) is 15.2. The quantitative estimate of drug-likeness (QED) is 0.165. The third kappa shape index (κ3) is 7.80. The van der Waals surface area contributed by atoms with Gasteiger partial charge in [-0.3, -0.25) is 4.90 Å². The molecule has 0 spiro atoms. The van der Waals surface area contributed by atoms with Gasteiger partial charge in [-0.25, -0.2) is 4.98 Å². The van der Waals surface area contributed by atoms with Gasteiger partial charge in [-0.15, -0.1) is 0 Å². The first kappa shape index (κ1) is 46.6. The first-order chi connectivity index (χ1) is 33.4. The molecule has 2 aliphatic heterocycles. The molecule has 0 unspecified atom stereocenters. The van der Waals surface area contributed by atoms with Crippen LogP contribution in [0.4, 0.5) is 34.3 Å². The SMILES string of the molecule is CC(C)(C)c1ccc(-c2nc3c(o2)N(c2cc(C(C)(C)C)cc(C(C)(C)C)c2)c2cc(-n4c5ccccc5c5ccccc54)cc4c2B3c2cc(C(C)(C)C)ccc2N4c2ccc(C(C)(C)C)cc2)cc1. The molecule has 2 aromatic heterocycles. The first-order valence-corrected chi connectivity index (χ1v) is 25.7. The topological polar surface area (TPSA) is 37.4 Å². The van der Waals surface area contributed by atoms with Crippen molar-refractivity contribution in [1.82, 2.24) is 9.55 Å². The van der Waals surface area contributed by atoms with Crippen LogP contribution in [-0.4, -0.2) is 16.3 Å². The van der Waals surface area contributed by atoms with Gasteiger partial charge in [0.05, 0.1) is 22.3 Å². The number of hydrogen-bond donors (Lipinski definition) is 0. The average molecular weight is 933 g/mol.